The molecule has 0 aliphatic carbocycles. The molecule has 4 rings (SSSR count). The van der Waals surface area contributed by atoms with Crippen LogP contribution in [-0.4, -0.2) is 46.3 Å². The van der Waals surface area contributed by atoms with Crippen molar-refractivity contribution >= 4 is 23.4 Å². The summed E-state index contributed by atoms with van der Waals surface area (Å²) in [6.45, 7) is 5.59. The third-order valence-electron chi connectivity index (χ3n) is 5.06. The van der Waals surface area contributed by atoms with Gasteiger partial charge in [-0.3, -0.25) is 0 Å². The lowest BCUT2D eigenvalue weighted by Crippen LogP contribution is -3.13. The van der Waals surface area contributed by atoms with Gasteiger partial charge in [-0.1, -0.05) is 41.6 Å². The van der Waals surface area contributed by atoms with Gasteiger partial charge in [-0.25, -0.2) is 0 Å². The van der Waals surface area contributed by atoms with E-state index in [9.17, 15) is 0 Å². The first-order valence-electron chi connectivity index (χ1n) is 9.37. The molecule has 28 heavy (non-hydrogen) atoms. The van der Waals surface area contributed by atoms with Gasteiger partial charge < -0.3 is 18.6 Å². The second kappa shape index (κ2) is 8.69. The maximum Gasteiger partial charge on any atom is 0.191 e. The summed E-state index contributed by atoms with van der Waals surface area (Å²) >= 11 is 8.00. The highest BCUT2D eigenvalue weighted by Crippen LogP contribution is 2.26. The van der Waals surface area contributed by atoms with Gasteiger partial charge in [0.25, 0.3) is 0 Å². The molecule has 1 fully saturated rings. The number of nitrogens with zero attached hydrogens (tertiary/aromatic N) is 3. The molecule has 8 heteroatoms. The van der Waals surface area contributed by atoms with Crippen LogP contribution in [0.25, 0.3) is 11.4 Å². The van der Waals surface area contributed by atoms with E-state index >= 15 is 0 Å². The standard InChI is InChI=1S/C20H23ClN4O2S/c1-14-17(7-9-26-14)19-22-23-20(24(19)2)28-13-16-12-25(8-10-27-16)11-15-5-3-4-6-18(15)21/h3-7,9,16H,8,10-13H2,1-2H3/p+1/t16-/m1/s1. The van der Waals surface area contributed by atoms with Crippen LogP contribution in [0.4, 0.5) is 0 Å². The zero-order valence-electron chi connectivity index (χ0n) is 16.0. The number of quaternary nitrogens is 1. The van der Waals surface area contributed by atoms with Crippen LogP contribution < -0.4 is 4.90 Å². The number of ether oxygens (including phenoxy) is 1. The molecule has 1 unspecified atom stereocenters. The van der Waals surface area contributed by atoms with Crippen molar-refractivity contribution in [2.24, 2.45) is 7.05 Å². The molecule has 1 saturated heterocycles. The summed E-state index contributed by atoms with van der Waals surface area (Å²) < 4.78 is 13.4. The highest BCUT2D eigenvalue weighted by atomic mass is 35.5. The van der Waals surface area contributed by atoms with E-state index in [0.29, 0.717) is 0 Å². The summed E-state index contributed by atoms with van der Waals surface area (Å²) in [7, 11) is 1.99. The van der Waals surface area contributed by atoms with E-state index in [1.54, 1.807) is 18.0 Å². The molecule has 0 saturated carbocycles. The van der Waals surface area contributed by atoms with E-state index in [0.717, 1.165) is 59.3 Å². The van der Waals surface area contributed by atoms with Crippen molar-refractivity contribution in [3.05, 3.63) is 52.9 Å². The molecule has 3 heterocycles. The molecule has 1 aromatic carbocycles. The summed E-state index contributed by atoms with van der Waals surface area (Å²) in [5.41, 5.74) is 2.17. The topological polar surface area (TPSA) is 57.5 Å². The van der Waals surface area contributed by atoms with Gasteiger partial charge >= 0.3 is 0 Å². The molecular weight excluding hydrogens is 396 g/mol. The van der Waals surface area contributed by atoms with Gasteiger partial charge in [-0.05, 0) is 19.1 Å². The largest absolute Gasteiger partial charge is 0.469 e. The highest BCUT2D eigenvalue weighted by Gasteiger charge is 2.25. The van der Waals surface area contributed by atoms with Gasteiger partial charge in [-0.2, -0.15) is 0 Å². The van der Waals surface area contributed by atoms with Crippen LogP contribution in [0.2, 0.25) is 5.02 Å². The molecule has 0 spiro atoms. The minimum absolute atomic E-state index is 0.187. The zero-order chi connectivity index (χ0) is 19.5. The number of aromatic nitrogens is 3. The lowest BCUT2D eigenvalue weighted by molar-refractivity contribution is -0.924. The minimum atomic E-state index is 0.187. The minimum Gasteiger partial charge on any atom is -0.469 e. The fourth-order valence-corrected chi connectivity index (χ4v) is 4.62. The molecule has 0 radical (unpaired) electrons. The lowest BCUT2D eigenvalue weighted by Gasteiger charge is -2.30. The average Bonchev–Trinajstić information content (AvgIpc) is 3.27. The van der Waals surface area contributed by atoms with Crippen molar-refractivity contribution in [1.82, 2.24) is 14.8 Å². The molecule has 2 aromatic heterocycles. The number of rotatable bonds is 6. The summed E-state index contributed by atoms with van der Waals surface area (Å²) in [6.07, 6.45) is 1.87. The number of hydrogen-bond donors (Lipinski definition) is 1. The van der Waals surface area contributed by atoms with E-state index in [4.69, 9.17) is 20.8 Å². The van der Waals surface area contributed by atoms with Crippen LogP contribution in [0.5, 0.6) is 0 Å². The van der Waals surface area contributed by atoms with Crippen LogP contribution >= 0.6 is 23.4 Å². The zero-order valence-corrected chi connectivity index (χ0v) is 17.6. The quantitative estimate of drug-likeness (QED) is 0.622. The van der Waals surface area contributed by atoms with Crippen LogP contribution in [0.3, 0.4) is 0 Å². The third kappa shape index (κ3) is 4.27. The van der Waals surface area contributed by atoms with Crippen LogP contribution in [0.1, 0.15) is 11.3 Å². The molecule has 2 atom stereocenters. The second-order valence-corrected chi connectivity index (χ2v) is 8.43. The molecule has 3 aromatic rings. The van der Waals surface area contributed by atoms with Crippen molar-refractivity contribution in [2.45, 2.75) is 24.7 Å². The molecule has 6 nitrogen and oxygen atoms in total. The number of halogens is 1. The molecular formula is C20H24ClN4O2S+. The Kier molecular flexibility index (Phi) is 6.06. The van der Waals surface area contributed by atoms with Gasteiger partial charge in [0.1, 0.15) is 31.5 Å². The molecule has 0 bridgehead atoms. The Morgan fingerprint density at radius 3 is 2.93 bits per heavy atom. The van der Waals surface area contributed by atoms with E-state index in [-0.39, 0.29) is 6.10 Å². The smallest absolute Gasteiger partial charge is 0.191 e. The molecule has 1 N–H and O–H groups in total. The summed E-state index contributed by atoms with van der Waals surface area (Å²) in [5.74, 6) is 2.52. The Labute approximate surface area is 173 Å². The van der Waals surface area contributed by atoms with Gasteiger partial charge in [0.15, 0.2) is 11.0 Å². The number of benzene rings is 1. The van der Waals surface area contributed by atoms with Crippen molar-refractivity contribution in [3.8, 4) is 11.4 Å². The second-order valence-electron chi connectivity index (χ2n) is 7.03. The maximum absolute atomic E-state index is 6.32. The number of aryl methyl sites for hydroxylation is 1. The van der Waals surface area contributed by atoms with Gasteiger partial charge in [-0.15, -0.1) is 10.2 Å². The van der Waals surface area contributed by atoms with Crippen molar-refractivity contribution < 1.29 is 14.1 Å². The SMILES string of the molecule is Cc1occc1-c1nnc(SC[C@H]2C[NH+](Cc3ccccc3Cl)CCO2)n1C. The number of thioether (sulfide) groups is 1. The molecule has 0 amide bonds. The van der Waals surface area contributed by atoms with Crippen molar-refractivity contribution in [3.63, 3.8) is 0 Å². The third-order valence-corrected chi connectivity index (χ3v) is 6.58. The predicted molar refractivity (Wildman–Crippen MR) is 110 cm³/mol. The molecule has 148 valence electrons. The van der Waals surface area contributed by atoms with Crippen LogP contribution in [-0.2, 0) is 18.3 Å². The van der Waals surface area contributed by atoms with Crippen LogP contribution in [0.15, 0.2) is 46.2 Å². The Balaban J connectivity index is 1.36. The molecule has 1 aliphatic rings. The van der Waals surface area contributed by atoms with Gasteiger partial charge in [0.2, 0.25) is 0 Å². The van der Waals surface area contributed by atoms with Crippen molar-refractivity contribution in [1.29, 1.82) is 0 Å². The maximum atomic E-state index is 6.32. The highest BCUT2D eigenvalue weighted by molar-refractivity contribution is 7.99. The fraction of sp³-hybridized carbons (Fsp3) is 0.400. The Morgan fingerprint density at radius 1 is 1.29 bits per heavy atom. The fourth-order valence-electron chi connectivity index (χ4n) is 3.49. The van der Waals surface area contributed by atoms with E-state index in [1.165, 1.54) is 10.5 Å². The van der Waals surface area contributed by atoms with Gasteiger partial charge in [0, 0.05) is 23.4 Å². The first-order chi connectivity index (χ1) is 13.6. The number of morpholine rings is 1. The van der Waals surface area contributed by atoms with E-state index < -0.39 is 0 Å². The van der Waals surface area contributed by atoms with Crippen molar-refractivity contribution in [2.75, 3.05) is 25.4 Å². The summed E-state index contributed by atoms with van der Waals surface area (Å²) in [4.78, 5) is 1.50. The predicted octanol–water partition coefficient (Wildman–Crippen LogP) is 2.61. The Hall–Kier alpha value is -1.80. The summed E-state index contributed by atoms with van der Waals surface area (Å²) in [6, 6.07) is 10.0. The molecule has 1 aliphatic heterocycles. The van der Waals surface area contributed by atoms with E-state index in [2.05, 4.69) is 16.3 Å². The Morgan fingerprint density at radius 2 is 2.14 bits per heavy atom. The monoisotopic (exact) mass is 419 g/mol. The Bertz CT molecular complexity index is 942. The number of hydrogen-bond acceptors (Lipinski definition) is 5. The van der Waals surface area contributed by atoms with Gasteiger partial charge in [0.05, 0.1) is 18.4 Å². The normalized spacial score (nSPS) is 19.8. The average molecular weight is 420 g/mol. The summed E-state index contributed by atoms with van der Waals surface area (Å²) in [5, 5.41) is 10.4. The van der Waals surface area contributed by atoms with Crippen LogP contribution in [0, 0.1) is 6.92 Å². The van der Waals surface area contributed by atoms with E-state index in [1.807, 2.05) is 42.8 Å². The number of furan rings is 1. The number of nitrogens with one attached hydrogen (secondary N) is 1. The first-order valence-corrected chi connectivity index (χ1v) is 10.7. The lowest BCUT2D eigenvalue weighted by atomic mass is 10.2. The first kappa shape index (κ1) is 19.5.